The van der Waals surface area contributed by atoms with Crippen LogP contribution in [0.15, 0.2) is 54.6 Å². The highest BCUT2D eigenvalue weighted by Crippen LogP contribution is 2.17. The lowest BCUT2D eigenvalue weighted by Crippen LogP contribution is -2.43. The number of benzene rings is 2. The first-order chi connectivity index (χ1) is 13.7. The highest BCUT2D eigenvalue weighted by Gasteiger charge is 2.23. The van der Waals surface area contributed by atoms with Crippen LogP contribution in [0.1, 0.15) is 29.3 Å². The van der Waals surface area contributed by atoms with Gasteiger partial charge in [0.05, 0.1) is 25.9 Å². The second-order valence-corrected chi connectivity index (χ2v) is 6.58. The lowest BCUT2D eigenvalue weighted by molar-refractivity contribution is -0.145. The number of nitrogens with one attached hydrogen (secondary N) is 1. The number of rotatable bonds is 10. The maximum absolute atomic E-state index is 12.4. The van der Waals surface area contributed by atoms with Crippen LogP contribution in [0.3, 0.4) is 0 Å². The van der Waals surface area contributed by atoms with Gasteiger partial charge in [0.1, 0.15) is 11.8 Å². The summed E-state index contributed by atoms with van der Waals surface area (Å²) in [5, 5.41) is 2.78. The molecule has 1 heterocycles. The van der Waals surface area contributed by atoms with E-state index in [-0.39, 0.29) is 12.5 Å². The van der Waals surface area contributed by atoms with Crippen LogP contribution in [0.4, 0.5) is 0 Å². The third-order valence-corrected chi connectivity index (χ3v) is 4.39. The summed E-state index contributed by atoms with van der Waals surface area (Å²) in [6.07, 6.45) is 1.57. The van der Waals surface area contributed by atoms with Crippen LogP contribution in [-0.2, 0) is 20.7 Å². The van der Waals surface area contributed by atoms with Crippen LogP contribution in [0, 0.1) is 0 Å². The van der Waals surface area contributed by atoms with Crippen molar-refractivity contribution in [2.75, 3.05) is 19.8 Å². The first-order valence-electron chi connectivity index (χ1n) is 9.51. The fourth-order valence-electron chi connectivity index (χ4n) is 2.77. The van der Waals surface area contributed by atoms with E-state index in [0.717, 1.165) is 24.3 Å². The Morgan fingerprint density at radius 1 is 1.14 bits per heavy atom. The minimum Gasteiger partial charge on any atom is -0.493 e. The van der Waals surface area contributed by atoms with Gasteiger partial charge in [-0.05, 0) is 36.8 Å². The summed E-state index contributed by atoms with van der Waals surface area (Å²) in [6.45, 7) is 3.44. The van der Waals surface area contributed by atoms with Gasteiger partial charge < -0.3 is 19.5 Å². The fraction of sp³-hybridized carbons (Fsp3) is 0.364. The average molecular weight is 383 g/mol. The SMILES string of the molecule is CCOC(=O)[C@H](Cc1ccc(OCCC2CO2)cc1)NC(=O)c1ccccc1. The number of ether oxygens (including phenoxy) is 3. The molecule has 28 heavy (non-hydrogen) atoms. The Kier molecular flexibility index (Phi) is 7.03. The number of hydrogen-bond acceptors (Lipinski definition) is 5. The molecule has 0 saturated carbocycles. The highest BCUT2D eigenvalue weighted by molar-refractivity contribution is 5.96. The third kappa shape index (κ3) is 6.09. The van der Waals surface area contributed by atoms with E-state index in [0.29, 0.717) is 24.7 Å². The first kappa shape index (κ1) is 19.9. The topological polar surface area (TPSA) is 77.2 Å². The smallest absolute Gasteiger partial charge is 0.328 e. The minimum absolute atomic E-state index is 0.258. The van der Waals surface area contributed by atoms with Crippen molar-refractivity contribution >= 4 is 11.9 Å². The first-order valence-corrected chi connectivity index (χ1v) is 9.51. The van der Waals surface area contributed by atoms with Gasteiger partial charge in [-0.15, -0.1) is 0 Å². The van der Waals surface area contributed by atoms with Crippen molar-refractivity contribution in [2.45, 2.75) is 31.9 Å². The van der Waals surface area contributed by atoms with Crippen LogP contribution in [-0.4, -0.2) is 43.8 Å². The van der Waals surface area contributed by atoms with E-state index >= 15 is 0 Å². The van der Waals surface area contributed by atoms with Crippen molar-refractivity contribution in [1.29, 1.82) is 0 Å². The number of carbonyl (C=O) groups excluding carboxylic acids is 2. The van der Waals surface area contributed by atoms with E-state index < -0.39 is 12.0 Å². The molecular formula is C22H25NO5. The maximum Gasteiger partial charge on any atom is 0.328 e. The molecule has 1 N–H and O–H groups in total. The predicted molar refractivity (Wildman–Crippen MR) is 104 cm³/mol. The molecule has 3 rings (SSSR count). The Morgan fingerprint density at radius 3 is 2.50 bits per heavy atom. The van der Waals surface area contributed by atoms with Gasteiger partial charge in [-0.25, -0.2) is 4.79 Å². The van der Waals surface area contributed by atoms with Crippen LogP contribution >= 0.6 is 0 Å². The molecule has 1 unspecified atom stereocenters. The summed E-state index contributed by atoms with van der Waals surface area (Å²) in [5.74, 6) is 0.0165. The maximum atomic E-state index is 12.4. The van der Waals surface area contributed by atoms with Crippen molar-refractivity contribution in [3.63, 3.8) is 0 Å². The number of amides is 1. The zero-order valence-electron chi connectivity index (χ0n) is 15.9. The second kappa shape index (κ2) is 9.90. The predicted octanol–water partition coefficient (Wildman–Crippen LogP) is 2.76. The fourth-order valence-corrected chi connectivity index (χ4v) is 2.77. The monoisotopic (exact) mass is 383 g/mol. The summed E-state index contributed by atoms with van der Waals surface area (Å²) in [4.78, 5) is 24.8. The van der Waals surface area contributed by atoms with Gasteiger partial charge in [-0.1, -0.05) is 30.3 Å². The normalized spacial score (nSPS) is 16.1. The van der Waals surface area contributed by atoms with Gasteiger partial charge in [0.2, 0.25) is 0 Å². The van der Waals surface area contributed by atoms with Crippen LogP contribution in [0.5, 0.6) is 5.75 Å². The van der Waals surface area contributed by atoms with Crippen LogP contribution < -0.4 is 10.1 Å². The largest absolute Gasteiger partial charge is 0.493 e. The van der Waals surface area contributed by atoms with Crippen molar-refractivity contribution in [3.8, 4) is 5.75 Å². The Balaban J connectivity index is 1.59. The molecule has 6 heteroatoms. The summed E-state index contributed by atoms with van der Waals surface area (Å²) in [5.41, 5.74) is 1.41. The zero-order valence-corrected chi connectivity index (χ0v) is 15.9. The molecule has 6 nitrogen and oxygen atoms in total. The van der Waals surface area contributed by atoms with Crippen molar-refractivity contribution in [1.82, 2.24) is 5.32 Å². The Hall–Kier alpha value is -2.86. The van der Waals surface area contributed by atoms with Gasteiger partial charge in [-0.2, -0.15) is 0 Å². The number of carbonyl (C=O) groups is 2. The lowest BCUT2D eigenvalue weighted by Gasteiger charge is -2.18. The summed E-state index contributed by atoms with van der Waals surface area (Å²) in [6, 6.07) is 15.6. The summed E-state index contributed by atoms with van der Waals surface area (Å²) < 4.78 is 16.0. The standard InChI is InChI=1S/C22H25NO5/c1-2-26-22(25)20(23-21(24)17-6-4-3-5-7-17)14-16-8-10-18(11-9-16)27-13-12-19-15-28-19/h3-11,19-20H,2,12-15H2,1H3,(H,23,24)/t19?,20-/m0/s1. The molecule has 0 radical (unpaired) electrons. The molecule has 148 valence electrons. The molecular weight excluding hydrogens is 358 g/mol. The quantitative estimate of drug-likeness (QED) is 0.504. The lowest BCUT2D eigenvalue weighted by atomic mass is 10.0. The molecule has 1 saturated heterocycles. The Labute approximate surface area is 164 Å². The molecule has 1 fully saturated rings. The van der Waals surface area contributed by atoms with E-state index in [4.69, 9.17) is 14.2 Å². The number of epoxide rings is 1. The van der Waals surface area contributed by atoms with Crippen LogP contribution in [0.2, 0.25) is 0 Å². The zero-order chi connectivity index (χ0) is 19.8. The molecule has 2 aromatic carbocycles. The molecule has 2 atom stereocenters. The van der Waals surface area contributed by atoms with E-state index in [1.807, 2.05) is 30.3 Å². The highest BCUT2D eigenvalue weighted by atomic mass is 16.6. The summed E-state index contributed by atoms with van der Waals surface area (Å²) in [7, 11) is 0. The molecule has 1 aliphatic rings. The Morgan fingerprint density at radius 2 is 1.86 bits per heavy atom. The third-order valence-electron chi connectivity index (χ3n) is 4.39. The van der Waals surface area contributed by atoms with E-state index in [1.165, 1.54) is 0 Å². The average Bonchev–Trinajstić information content (AvgIpc) is 3.54. The molecule has 0 aliphatic carbocycles. The Bertz CT molecular complexity index is 771. The van der Waals surface area contributed by atoms with Crippen molar-refractivity contribution in [2.24, 2.45) is 0 Å². The van der Waals surface area contributed by atoms with E-state index in [1.54, 1.807) is 31.2 Å². The molecule has 0 aromatic heterocycles. The van der Waals surface area contributed by atoms with Gasteiger partial charge >= 0.3 is 5.97 Å². The summed E-state index contributed by atoms with van der Waals surface area (Å²) >= 11 is 0. The molecule has 2 aromatic rings. The van der Waals surface area contributed by atoms with Crippen molar-refractivity contribution in [3.05, 3.63) is 65.7 Å². The van der Waals surface area contributed by atoms with E-state index in [2.05, 4.69) is 5.32 Å². The van der Waals surface area contributed by atoms with Gasteiger partial charge in [0.15, 0.2) is 0 Å². The molecule has 1 amide bonds. The molecule has 0 bridgehead atoms. The second-order valence-electron chi connectivity index (χ2n) is 6.58. The molecule has 1 aliphatic heterocycles. The van der Waals surface area contributed by atoms with Gasteiger partial charge in [0.25, 0.3) is 5.91 Å². The number of hydrogen-bond donors (Lipinski definition) is 1. The van der Waals surface area contributed by atoms with E-state index in [9.17, 15) is 9.59 Å². The van der Waals surface area contributed by atoms with Gasteiger partial charge in [-0.3, -0.25) is 4.79 Å². The van der Waals surface area contributed by atoms with Crippen LogP contribution in [0.25, 0.3) is 0 Å². The van der Waals surface area contributed by atoms with Gasteiger partial charge in [0, 0.05) is 18.4 Å². The minimum atomic E-state index is -0.758. The van der Waals surface area contributed by atoms with Crippen molar-refractivity contribution < 1.29 is 23.8 Å². The molecule has 0 spiro atoms. The number of esters is 1.